The zero-order valence-electron chi connectivity index (χ0n) is 5.36. The fourth-order valence-electron chi connectivity index (χ4n) is 0.226. The fourth-order valence-corrected chi connectivity index (χ4v) is 0.545. The third-order valence-corrected chi connectivity index (χ3v) is 1.98. The SMILES string of the molecule is CC(C(Cl)Cl)([N+](=O)[O-])[N+](=O)[O-]. The van der Waals surface area contributed by atoms with Crippen molar-refractivity contribution in [3.05, 3.63) is 20.2 Å². The van der Waals surface area contributed by atoms with Crippen molar-refractivity contribution < 1.29 is 9.85 Å². The number of nitrogens with zero attached hydrogens (tertiary/aromatic N) is 2. The summed E-state index contributed by atoms with van der Waals surface area (Å²) in [7, 11) is 0. The molecule has 0 aromatic rings. The zero-order valence-corrected chi connectivity index (χ0v) is 6.87. The molecule has 0 N–H and O–H groups in total. The second-order valence-electron chi connectivity index (χ2n) is 1.91. The summed E-state index contributed by atoms with van der Waals surface area (Å²) in [5.74, 6) is 0. The average Bonchev–Trinajstić information content (AvgIpc) is 1.84. The smallest absolute Gasteiger partial charge is 0.258 e. The highest BCUT2D eigenvalue weighted by atomic mass is 35.5. The van der Waals surface area contributed by atoms with Gasteiger partial charge < -0.3 is 0 Å². The Balaban J connectivity index is 4.82. The lowest BCUT2D eigenvalue weighted by atomic mass is 10.3. The minimum Gasteiger partial charge on any atom is -0.258 e. The Labute approximate surface area is 71.4 Å². The molecule has 64 valence electrons. The van der Waals surface area contributed by atoms with Gasteiger partial charge in [0.25, 0.3) is 0 Å². The van der Waals surface area contributed by atoms with Crippen LogP contribution in [-0.2, 0) is 0 Å². The van der Waals surface area contributed by atoms with E-state index < -0.39 is 20.3 Å². The molecule has 0 aromatic carbocycles. The summed E-state index contributed by atoms with van der Waals surface area (Å²) >= 11 is 10.1. The van der Waals surface area contributed by atoms with Crippen molar-refractivity contribution in [2.45, 2.75) is 17.4 Å². The van der Waals surface area contributed by atoms with Crippen LogP contribution in [0.2, 0.25) is 0 Å². The molecule has 0 aliphatic carbocycles. The Kier molecular flexibility index (Phi) is 3.01. The Morgan fingerprint density at radius 2 is 1.55 bits per heavy atom. The van der Waals surface area contributed by atoms with Gasteiger partial charge in [-0.1, -0.05) is 23.2 Å². The first-order chi connectivity index (χ1) is 4.83. The van der Waals surface area contributed by atoms with Crippen molar-refractivity contribution >= 4 is 23.2 Å². The largest absolute Gasteiger partial charge is 0.484 e. The van der Waals surface area contributed by atoms with Gasteiger partial charge in [0.2, 0.25) is 4.84 Å². The third-order valence-electron chi connectivity index (χ3n) is 1.15. The van der Waals surface area contributed by atoms with Gasteiger partial charge in [-0.15, -0.1) is 0 Å². The Hall–Kier alpha value is -0.620. The molecule has 0 unspecified atom stereocenters. The number of hydrogen-bond acceptors (Lipinski definition) is 4. The molecular weight excluding hydrogens is 199 g/mol. The lowest BCUT2D eigenvalue weighted by Gasteiger charge is -2.11. The van der Waals surface area contributed by atoms with Crippen molar-refractivity contribution in [2.75, 3.05) is 0 Å². The summed E-state index contributed by atoms with van der Waals surface area (Å²) in [4.78, 5) is 16.3. The van der Waals surface area contributed by atoms with Crippen LogP contribution in [0.25, 0.3) is 0 Å². The molecule has 0 aliphatic rings. The van der Waals surface area contributed by atoms with E-state index in [0.717, 1.165) is 6.92 Å². The van der Waals surface area contributed by atoms with E-state index in [0.29, 0.717) is 0 Å². The van der Waals surface area contributed by atoms with Crippen molar-refractivity contribution in [1.82, 2.24) is 0 Å². The molecule has 0 saturated heterocycles. The molecule has 0 saturated carbocycles. The molecule has 0 aromatic heterocycles. The second kappa shape index (κ2) is 3.19. The number of nitro groups is 2. The molecule has 0 radical (unpaired) electrons. The first kappa shape index (κ1) is 10.4. The van der Waals surface area contributed by atoms with Crippen LogP contribution < -0.4 is 0 Å². The van der Waals surface area contributed by atoms with Crippen LogP contribution >= 0.6 is 23.2 Å². The third kappa shape index (κ3) is 1.69. The van der Waals surface area contributed by atoms with Crippen LogP contribution in [0.3, 0.4) is 0 Å². The Bertz CT molecular complexity index is 180. The lowest BCUT2D eigenvalue weighted by molar-refractivity contribution is -0.788. The summed E-state index contributed by atoms with van der Waals surface area (Å²) in [5.41, 5.74) is -2.52. The van der Waals surface area contributed by atoms with Crippen molar-refractivity contribution in [3.8, 4) is 0 Å². The predicted molar refractivity (Wildman–Crippen MR) is 37.9 cm³/mol. The molecule has 0 fully saturated rings. The van der Waals surface area contributed by atoms with E-state index in [1.165, 1.54) is 0 Å². The maximum absolute atomic E-state index is 10.1. The lowest BCUT2D eigenvalue weighted by Crippen LogP contribution is -2.48. The summed E-state index contributed by atoms with van der Waals surface area (Å²) in [6.07, 6.45) is 0. The normalized spacial score (nSPS) is 11.6. The highest BCUT2D eigenvalue weighted by Gasteiger charge is 2.57. The van der Waals surface area contributed by atoms with Crippen molar-refractivity contribution in [3.63, 3.8) is 0 Å². The second-order valence-corrected chi connectivity index (χ2v) is 3.01. The molecule has 0 rings (SSSR count). The molecule has 6 nitrogen and oxygen atoms in total. The molecule has 8 heteroatoms. The van der Waals surface area contributed by atoms with Gasteiger partial charge in [0.05, 0.1) is 6.92 Å². The molecule has 0 amide bonds. The van der Waals surface area contributed by atoms with Crippen LogP contribution in [0.15, 0.2) is 0 Å². The van der Waals surface area contributed by atoms with E-state index in [1.807, 2.05) is 0 Å². The van der Waals surface area contributed by atoms with Gasteiger partial charge in [0.1, 0.15) is 9.85 Å². The Morgan fingerprint density at radius 1 is 1.27 bits per heavy atom. The quantitative estimate of drug-likeness (QED) is 0.297. The van der Waals surface area contributed by atoms with Crippen LogP contribution in [0.4, 0.5) is 0 Å². The van der Waals surface area contributed by atoms with Gasteiger partial charge in [0.15, 0.2) is 0 Å². The van der Waals surface area contributed by atoms with E-state index in [2.05, 4.69) is 0 Å². The zero-order chi connectivity index (χ0) is 9.23. The highest BCUT2D eigenvalue weighted by Crippen LogP contribution is 2.23. The first-order valence-electron chi connectivity index (χ1n) is 2.40. The summed E-state index contributed by atoms with van der Waals surface area (Å²) in [5, 5.41) is 20.2. The van der Waals surface area contributed by atoms with Gasteiger partial charge in [-0.3, -0.25) is 20.2 Å². The maximum atomic E-state index is 10.1. The standard InChI is InChI=1S/C3H4Cl2N2O4/c1-3(2(4)5,6(8)9)7(10)11/h2H,1H3. The number of hydrogen-bond donors (Lipinski definition) is 0. The summed E-state index contributed by atoms with van der Waals surface area (Å²) in [6, 6.07) is 0. The molecule has 0 heterocycles. The number of halogens is 2. The molecule has 11 heavy (non-hydrogen) atoms. The number of rotatable bonds is 3. The molecule has 0 spiro atoms. The molecule has 0 atom stereocenters. The van der Waals surface area contributed by atoms with Crippen LogP contribution in [0.5, 0.6) is 0 Å². The van der Waals surface area contributed by atoms with Gasteiger partial charge in [-0.2, -0.15) is 0 Å². The average molecular weight is 203 g/mol. The fraction of sp³-hybridized carbons (Fsp3) is 1.00. The molecular formula is C3H4Cl2N2O4. The van der Waals surface area contributed by atoms with Gasteiger partial charge in [-0.25, -0.2) is 0 Å². The van der Waals surface area contributed by atoms with Crippen molar-refractivity contribution in [2.24, 2.45) is 0 Å². The number of alkyl halides is 2. The van der Waals surface area contributed by atoms with Gasteiger partial charge >= 0.3 is 5.66 Å². The summed E-state index contributed by atoms with van der Waals surface area (Å²) < 4.78 is 0. The highest BCUT2D eigenvalue weighted by molar-refractivity contribution is 6.44. The minimum atomic E-state index is -2.52. The Morgan fingerprint density at radius 3 is 1.55 bits per heavy atom. The van der Waals surface area contributed by atoms with E-state index in [9.17, 15) is 20.2 Å². The van der Waals surface area contributed by atoms with Crippen LogP contribution in [-0.4, -0.2) is 20.3 Å². The van der Waals surface area contributed by atoms with E-state index >= 15 is 0 Å². The van der Waals surface area contributed by atoms with E-state index in [-0.39, 0.29) is 0 Å². The van der Waals surface area contributed by atoms with Gasteiger partial charge in [-0.05, 0) is 0 Å². The van der Waals surface area contributed by atoms with Crippen molar-refractivity contribution in [1.29, 1.82) is 0 Å². The predicted octanol–water partition coefficient (Wildman–Crippen LogP) is 1.06. The molecule has 0 aliphatic heterocycles. The first-order valence-corrected chi connectivity index (χ1v) is 3.28. The van der Waals surface area contributed by atoms with Gasteiger partial charge in [0, 0.05) is 0 Å². The maximum Gasteiger partial charge on any atom is 0.484 e. The molecule has 0 bridgehead atoms. The van der Waals surface area contributed by atoms with Crippen LogP contribution in [0.1, 0.15) is 6.92 Å². The van der Waals surface area contributed by atoms with E-state index in [1.54, 1.807) is 0 Å². The van der Waals surface area contributed by atoms with E-state index in [4.69, 9.17) is 23.2 Å². The minimum absolute atomic E-state index is 0.748. The van der Waals surface area contributed by atoms with Crippen LogP contribution in [0, 0.1) is 20.2 Å². The summed E-state index contributed by atoms with van der Waals surface area (Å²) in [6.45, 7) is 0.748. The monoisotopic (exact) mass is 202 g/mol. The topological polar surface area (TPSA) is 86.3 Å².